The van der Waals surface area contributed by atoms with Crippen LogP contribution in [0.4, 0.5) is 0 Å². The molecular weight excluding hydrogens is 307 g/mol. The van der Waals surface area contributed by atoms with E-state index in [2.05, 4.69) is 13.8 Å². The topological polar surface area (TPSA) is 29.5 Å². The summed E-state index contributed by atoms with van der Waals surface area (Å²) in [5.74, 6) is 0.894. The van der Waals surface area contributed by atoms with Gasteiger partial charge in [0.2, 0.25) is 0 Å². The van der Waals surface area contributed by atoms with Gasteiger partial charge in [0, 0.05) is 11.0 Å². The molecule has 0 spiro atoms. The van der Waals surface area contributed by atoms with Crippen LogP contribution in [-0.4, -0.2) is 11.7 Å². The molecule has 0 saturated heterocycles. The summed E-state index contributed by atoms with van der Waals surface area (Å²) in [6, 6.07) is 11.0. The molecule has 0 aromatic heterocycles. The van der Waals surface area contributed by atoms with E-state index in [-0.39, 0.29) is 5.41 Å². The van der Waals surface area contributed by atoms with Crippen LogP contribution in [0.5, 0.6) is 5.75 Å². The van der Waals surface area contributed by atoms with Gasteiger partial charge in [0.25, 0.3) is 0 Å². The van der Waals surface area contributed by atoms with Crippen LogP contribution in [0.1, 0.15) is 36.6 Å². The summed E-state index contributed by atoms with van der Waals surface area (Å²) in [6.45, 7) is 4.93. The highest BCUT2D eigenvalue weighted by Gasteiger charge is 2.32. The SMILES string of the molecule is CC1(C)COc2ccc(C(O)c3ccc(Cl)c(Cl)c3)cc21. The van der Waals surface area contributed by atoms with Crippen molar-refractivity contribution in [1.82, 2.24) is 0 Å². The number of hydrogen-bond acceptors (Lipinski definition) is 2. The molecule has 3 rings (SSSR count). The molecule has 1 atom stereocenters. The van der Waals surface area contributed by atoms with Crippen molar-refractivity contribution in [2.75, 3.05) is 6.61 Å². The standard InChI is InChI=1S/C17H16Cl2O2/c1-17(2)9-21-15-6-4-10(7-12(15)17)16(20)11-3-5-13(18)14(19)8-11/h3-8,16,20H,9H2,1-2H3. The second-order valence-corrected chi connectivity index (χ2v) is 6.82. The minimum atomic E-state index is -0.735. The Morgan fingerprint density at radius 1 is 1.05 bits per heavy atom. The zero-order valence-electron chi connectivity index (χ0n) is 11.9. The van der Waals surface area contributed by atoms with Crippen molar-refractivity contribution in [1.29, 1.82) is 0 Å². The van der Waals surface area contributed by atoms with Crippen LogP contribution < -0.4 is 4.74 Å². The lowest BCUT2D eigenvalue weighted by Gasteiger charge is -2.18. The Labute approximate surface area is 134 Å². The summed E-state index contributed by atoms with van der Waals surface area (Å²) in [4.78, 5) is 0. The van der Waals surface area contributed by atoms with Crippen LogP contribution in [0.2, 0.25) is 10.0 Å². The average molecular weight is 323 g/mol. The molecule has 21 heavy (non-hydrogen) atoms. The first kappa shape index (κ1) is 14.7. The first-order valence-electron chi connectivity index (χ1n) is 6.79. The molecule has 2 aromatic carbocycles. The molecule has 1 unspecified atom stereocenters. The smallest absolute Gasteiger partial charge is 0.123 e. The molecule has 0 saturated carbocycles. The Kier molecular flexibility index (Phi) is 3.64. The third-order valence-corrected chi connectivity index (χ3v) is 4.64. The van der Waals surface area contributed by atoms with E-state index in [1.807, 2.05) is 18.2 Å². The van der Waals surface area contributed by atoms with Crippen LogP contribution in [0.3, 0.4) is 0 Å². The predicted molar refractivity (Wildman–Crippen MR) is 85.5 cm³/mol. The molecule has 0 aliphatic carbocycles. The Morgan fingerprint density at radius 2 is 1.71 bits per heavy atom. The lowest BCUT2D eigenvalue weighted by atomic mass is 9.85. The Hall–Kier alpha value is -1.22. The van der Waals surface area contributed by atoms with Gasteiger partial charge in [0.1, 0.15) is 11.9 Å². The quantitative estimate of drug-likeness (QED) is 0.864. The van der Waals surface area contributed by atoms with E-state index in [1.165, 1.54) is 0 Å². The summed E-state index contributed by atoms with van der Waals surface area (Å²) in [5, 5.41) is 11.5. The van der Waals surface area contributed by atoms with Crippen molar-refractivity contribution in [2.45, 2.75) is 25.4 Å². The highest BCUT2D eigenvalue weighted by Crippen LogP contribution is 2.40. The molecule has 4 heteroatoms. The average Bonchev–Trinajstić information content (AvgIpc) is 2.76. The van der Waals surface area contributed by atoms with E-state index < -0.39 is 6.10 Å². The molecule has 0 fully saturated rings. The van der Waals surface area contributed by atoms with Crippen molar-refractivity contribution in [2.24, 2.45) is 0 Å². The minimum Gasteiger partial charge on any atom is -0.492 e. The number of halogens is 2. The summed E-state index contributed by atoms with van der Waals surface area (Å²) in [5.41, 5.74) is 2.63. The van der Waals surface area contributed by atoms with E-state index in [1.54, 1.807) is 18.2 Å². The van der Waals surface area contributed by atoms with Crippen molar-refractivity contribution >= 4 is 23.2 Å². The highest BCUT2D eigenvalue weighted by atomic mass is 35.5. The van der Waals surface area contributed by atoms with Gasteiger partial charge < -0.3 is 9.84 Å². The Bertz CT molecular complexity index is 695. The van der Waals surface area contributed by atoms with Crippen molar-refractivity contribution in [3.05, 3.63) is 63.1 Å². The molecule has 1 heterocycles. The fourth-order valence-electron chi connectivity index (χ4n) is 2.58. The zero-order chi connectivity index (χ0) is 15.2. The van der Waals surface area contributed by atoms with Gasteiger partial charge in [-0.3, -0.25) is 0 Å². The molecule has 1 aliphatic rings. The van der Waals surface area contributed by atoms with E-state index in [4.69, 9.17) is 27.9 Å². The number of aliphatic hydroxyl groups is 1. The molecule has 0 amide bonds. The number of fused-ring (bicyclic) bond motifs is 1. The second kappa shape index (κ2) is 5.20. The molecule has 0 radical (unpaired) electrons. The third-order valence-electron chi connectivity index (χ3n) is 3.90. The fourth-order valence-corrected chi connectivity index (χ4v) is 2.89. The maximum Gasteiger partial charge on any atom is 0.123 e. The number of rotatable bonds is 2. The van der Waals surface area contributed by atoms with E-state index >= 15 is 0 Å². The summed E-state index contributed by atoms with van der Waals surface area (Å²) in [6.07, 6.45) is -0.735. The Balaban J connectivity index is 1.99. The van der Waals surface area contributed by atoms with Gasteiger partial charge in [-0.25, -0.2) is 0 Å². The van der Waals surface area contributed by atoms with Gasteiger partial charge >= 0.3 is 0 Å². The van der Waals surface area contributed by atoms with Crippen molar-refractivity contribution in [3.8, 4) is 5.75 Å². The third kappa shape index (κ3) is 2.64. The molecular formula is C17H16Cl2O2. The fraction of sp³-hybridized carbons (Fsp3) is 0.294. The molecule has 1 N–H and O–H groups in total. The van der Waals surface area contributed by atoms with Gasteiger partial charge in [0.15, 0.2) is 0 Å². The summed E-state index contributed by atoms with van der Waals surface area (Å²) in [7, 11) is 0. The van der Waals surface area contributed by atoms with Crippen LogP contribution >= 0.6 is 23.2 Å². The van der Waals surface area contributed by atoms with Crippen LogP contribution in [0.15, 0.2) is 36.4 Å². The van der Waals surface area contributed by atoms with Crippen molar-refractivity contribution < 1.29 is 9.84 Å². The summed E-state index contributed by atoms with van der Waals surface area (Å²) >= 11 is 11.9. The van der Waals surface area contributed by atoms with Gasteiger partial charge in [-0.1, -0.05) is 49.2 Å². The number of benzene rings is 2. The minimum absolute atomic E-state index is 0.0390. The monoisotopic (exact) mass is 322 g/mol. The van der Waals surface area contributed by atoms with Crippen LogP contribution in [-0.2, 0) is 5.41 Å². The van der Waals surface area contributed by atoms with Gasteiger partial charge in [-0.2, -0.15) is 0 Å². The molecule has 0 bridgehead atoms. The highest BCUT2D eigenvalue weighted by molar-refractivity contribution is 6.42. The lowest BCUT2D eigenvalue weighted by Crippen LogP contribution is -2.18. The van der Waals surface area contributed by atoms with Crippen LogP contribution in [0, 0.1) is 0 Å². The first-order valence-corrected chi connectivity index (χ1v) is 7.54. The molecule has 2 nitrogen and oxygen atoms in total. The van der Waals surface area contributed by atoms with E-state index in [0.29, 0.717) is 16.7 Å². The molecule has 1 aliphatic heterocycles. The number of hydrogen-bond donors (Lipinski definition) is 1. The van der Waals surface area contributed by atoms with Gasteiger partial charge in [0.05, 0.1) is 16.7 Å². The first-order chi connectivity index (χ1) is 9.88. The van der Waals surface area contributed by atoms with Crippen molar-refractivity contribution in [3.63, 3.8) is 0 Å². The second-order valence-electron chi connectivity index (χ2n) is 6.00. The number of aliphatic hydroxyl groups excluding tert-OH is 1. The zero-order valence-corrected chi connectivity index (χ0v) is 13.4. The van der Waals surface area contributed by atoms with Gasteiger partial charge in [-0.05, 0) is 35.4 Å². The molecule has 2 aromatic rings. The Morgan fingerprint density at radius 3 is 2.43 bits per heavy atom. The lowest BCUT2D eigenvalue weighted by molar-refractivity contribution is 0.220. The van der Waals surface area contributed by atoms with Crippen LogP contribution in [0.25, 0.3) is 0 Å². The summed E-state index contributed by atoms with van der Waals surface area (Å²) < 4.78 is 5.67. The maximum absolute atomic E-state index is 10.6. The number of ether oxygens (including phenoxy) is 1. The predicted octanol–water partition coefficient (Wildman–Crippen LogP) is 4.75. The largest absolute Gasteiger partial charge is 0.492 e. The van der Waals surface area contributed by atoms with E-state index in [0.717, 1.165) is 22.4 Å². The maximum atomic E-state index is 10.6. The normalized spacial score (nSPS) is 17.2. The van der Waals surface area contributed by atoms with E-state index in [9.17, 15) is 5.11 Å². The van der Waals surface area contributed by atoms with Gasteiger partial charge in [-0.15, -0.1) is 0 Å². The molecule has 110 valence electrons.